The smallest absolute Gasteiger partial charge is 0.326 e. The zero-order valence-corrected chi connectivity index (χ0v) is 10.1. The number of nitrogens with zero attached hydrogens (tertiary/aromatic N) is 1. The van der Waals surface area contributed by atoms with Gasteiger partial charge < -0.3 is 9.67 Å². The highest BCUT2D eigenvalue weighted by molar-refractivity contribution is 9.10. The molecule has 3 rings (SSSR count). The maximum Gasteiger partial charge on any atom is 0.326 e. The van der Waals surface area contributed by atoms with Gasteiger partial charge in [-0.25, -0.2) is 4.79 Å². The Hall–Kier alpha value is -1.29. The summed E-state index contributed by atoms with van der Waals surface area (Å²) in [5.41, 5.74) is 2.13. The predicted octanol–water partition coefficient (Wildman–Crippen LogP) is 2.98. The molecule has 1 aromatic heterocycles. The van der Waals surface area contributed by atoms with Crippen molar-refractivity contribution < 1.29 is 9.90 Å². The normalized spacial score (nSPS) is 18.9. The zero-order chi connectivity index (χ0) is 11.3. The van der Waals surface area contributed by atoms with Crippen LogP contribution < -0.4 is 0 Å². The van der Waals surface area contributed by atoms with Crippen molar-refractivity contribution in [1.29, 1.82) is 0 Å². The van der Waals surface area contributed by atoms with Crippen molar-refractivity contribution in [1.82, 2.24) is 4.57 Å². The summed E-state index contributed by atoms with van der Waals surface area (Å²) in [5.74, 6) is -0.740. The van der Waals surface area contributed by atoms with E-state index in [-0.39, 0.29) is 0 Å². The van der Waals surface area contributed by atoms with Crippen LogP contribution in [0.15, 0.2) is 28.7 Å². The number of carboxylic acid groups (broad SMARTS) is 1. The minimum atomic E-state index is -0.740. The van der Waals surface area contributed by atoms with Crippen molar-refractivity contribution in [2.75, 3.05) is 0 Å². The fourth-order valence-corrected chi connectivity index (χ4v) is 2.81. The van der Waals surface area contributed by atoms with Crippen LogP contribution in [0.3, 0.4) is 0 Å². The van der Waals surface area contributed by atoms with E-state index in [1.54, 1.807) is 0 Å². The largest absolute Gasteiger partial charge is 0.480 e. The molecule has 1 aliphatic heterocycles. The molecule has 82 valence electrons. The molecule has 0 fully saturated rings. The highest BCUT2D eigenvalue weighted by Crippen LogP contribution is 2.34. The third kappa shape index (κ3) is 1.29. The van der Waals surface area contributed by atoms with Gasteiger partial charge in [-0.1, -0.05) is 22.0 Å². The minimum absolute atomic E-state index is 0.401. The first-order valence-corrected chi connectivity index (χ1v) is 5.98. The summed E-state index contributed by atoms with van der Waals surface area (Å²) < 4.78 is 2.93. The molecule has 2 aromatic rings. The summed E-state index contributed by atoms with van der Waals surface area (Å²) in [7, 11) is 0. The molecule has 0 spiro atoms. The van der Waals surface area contributed by atoms with Crippen molar-refractivity contribution in [2.45, 2.75) is 18.9 Å². The van der Waals surface area contributed by atoms with E-state index in [0.29, 0.717) is 6.42 Å². The number of carboxylic acids is 1. The van der Waals surface area contributed by atoms with Crippen molar-refractivity contribution in [3.8, 4) is 0 Å². The molecule has 0 aliphatic carbocycles. The first-order chi connectivity index (χ1) is 7.66. The highest BCUT2D eigenvalue weighted by atomic mass is 79.9. The molecule has 3 nitrogen and oxygen atoms in total. The molecule has 1 atom stereocenters. The number of hydrogen-bond acceptors (Lipinski definition) is 1. The number of carbonyl (C=O) groups is 1. The maximum atomic E-state index is 11.2. The minimum Gasteiger partial charge on any atom is -0.480 e. The Bertz CT molecular complexity index is 588. The van der Waals surface area contributed by atoms with Gasteiger partial charge in [0.15, 0.2) is 0 Å². The third-order valence-electron chi connectivity index (χ3n) is 3.15. The predicted molar refractivity (Wildman–Crippen MR) is 64.6 cm³/mol. The monoisotopic (exact) mass is 279 g/mol. The first-order valence-electron chi connectivity index (χ1n) is 5.19. The molecule has 0 radical (unpaired) electrons. The maximum absolute atomic E-state index is 11.2. The topological polar surface area (TPSA) is 42.2 Å². The van der Waals surface area contributed by atoms with Gasteiger partial charge in [0.1, 0.15) is 6.04 Å². The average Bonchev–Trinajstić information content (AvgIpc) is 2.76. The van der Waals surface area contributed by atoms with Crippen molar-refractivity contribution >= 4 is 32.8 Å². The summed E-state index contributed by atoms with van der Waals surface area (Å²) in [6.45, 7) is 0. The van der Waals surface area contributed by atoms with Gasteiger partial charge in [-0.05, 0) is 36.4 Å². The molecule has 16 heavy (non-hydrogen) atoms. The molecular weight excluding hydrogens is 270 g/mol. The number of aliphatic carboxylic acids is 1. The van der Waals surface area contributed by atoms with Crippen LogP contribution in [0.4, 0.5) is 0 Å². The molecule has 0 saturated heterocycles. The summed E-state index contributed by atoms with van der Waals surface area (Å²) in [6, 6.07) is 7.67. The number of rotatable bonds is 1. The zero-order valence-electron chi connectivity index (χ0n) is 8.48. The van der Waals surface area contributed by atoms with Crippen LogP contribution in [0, 0.1) is 0 Å². The number of aryl methyl sites for hydroxylation is 1. The Morgan fingerprint density at radius 3 is 3.00 bits per heavy atom. The lowest BCUT2D eigenvalue weighted by molar-refractivity contribution is -0.140. The van der Waals surface area contributed by atoms with Crippen molar-refractivity contribution in [3.63, 3.8) is 0 Å². The fourth-order valence-electron chi connectivity index (χ4n) is 2.46. The van der Waals surface area contributed by atoms with Crippen molar-refractivity contribution in [2.24, 2.45) is 0 Å². The molecule has 0 saturated carbocycles. The van der Waals surface area contributed by atoms with E-state index in [4.69, 9.17) is 0 Å². The Morgan fingerprint density at radius 2 is 2.25 bits per heavy atom. The molecular formula is C12H10BrNO2. The summed E-state index contributed by atoms with van der Waals surface area (Å²) in [4.78, 5) is 11.2. The summed E-state index contributed by atoms with van der Waals surface area (Å²) >= 11 is 3.42. The van der Waals surface area contributed by atoms with Gasteiger partial charge in [0, 0.05) is 10.2 Å². The van der Waals surface area contributed by atoms with E-state index in [9.17, 15) is 9.90 Å². The van der Waals surface area contributed by atoms with Crippen LogP contribution in [-0.2, 0) is 11.2 Å². The Kier molecular flexibility index (Phi) is 2.07. The van der Waals surface area contributed by atoms with Crippen molar-refractivity contribution in [3.05, 3.63) is 34.4 Å². The van der Waals surface area contributed by atoms with Gasteiger partial charge in [0.25, 0.3) is 0 Å². The van der Waals surface area contributed by atoms with Crippen LogP contribution in [0.5, 0.6) is 0 Å². The van der Waals surface area contributed by atoms with Crippen LogP contribution >= 0.6 is 15.9 Å². The Labute approximate surface area is 101 Å². The molecule has 4 heteroatoms. The second kappa shape index (κ2) is 3.35. The molecule has 0 bridgehead atoms. The van der Waals surface area contributed by atoms with Gasteiger partial charge >= 0.3 is 5.97 Å². The standard InChI is InChI=1S/C12H10BrNO2/c13-8-2-1-7-5-9-3-4-10(12(15)16)14(9)11(7)6-8/h1-2,5-6,10H,3-4H2,(H,15,16). The summed E-state index contributed by atoms with van der Waals surface area (Å²) in [6.07, 6.45) is 1.55. The van der Waals surface area contributed by atoms with E-state index in [1.807, 2.05) is 22.8 Å². The average molecular weight is 280 g/mol. The highest BCUT2D eigenvalue weighted by Gasteiger charge is 2.29. The van der Waals surface area contributed by atoms with Gasteiger partial charge in [0.05, 0.1) is 5.52 Å². The number of hydrogen-bond donors (Lipinski definition) is 1. The summed E-state index contributed by atoms with van der Waals surface area (Å²) in [5, 5.41) is 10.3. The molecule has 1 unspecified atom stereocenters. The number of halogens is 1. The molecule has 1 N–H and O–H groups in total. The Balaban J connectivity index is 2.29. The van der Waals surface area contributed by atoms with E-state index in [1.165, 1.54) is 0 Å². The second-order valence-corrected chi connectivity index (χ2v) is 5.02. The molecule has 0 amide bonds. The lowest BCUT2D eigenvalue weighted by atomic mass is 10.1. The van der Waals surface area contributed by atoms with Gasteiger partial charge in [-0.15, -0.1) is 0 Å². The van der Waals surface area contributed by atoms with Gasteiger partial charge in [-0.3, -0.25) is 0 Å². The first kappa shape index (κ1) is 9.90. The lowest BCUT2D eigenvalue weighted by Gasteiger charge is -2.09. The van der Waals surface area contributed by atoms with Crippen LogP contribution in [0.1, 0.15) is 18.2 Å². The van der Waals surface area contributed by atoms with Gasteiger partial charge in [-0.2, -0.15) is 0 Å². The lowest BCUT2D eigenvalue weighted by Crippen LogP contribution is -2.14. The van der Waals surface area contributed by atoms with Crippen LogP contribution in [0.25, 0.3) is 10.9 Å². The molecule has 2 heterocycles. The van der Waals surface area contributed by atoms with E-state index in [0.717, 1.165) is 27.5 Å². The van der Waals surface area contributed by atoms with Crippen LogP contribution in [-0.4, -0.2) is 15.6 Å². The van der Waals surface area contributed by atoms with E-state index in [2.05, 4.69) is 22.0 Å². The van der Waals surface area contributed by atoms with E-state index >= 15 is 0 Å². The third-order valence-corrected chi connectivity index (χ3v) is 3.65. The number of benzene rings is 1. The van der Waals surface area contributed by atoms with E-state index < -0.39 is 12.0 Å². The van der Waals surface area contributed by atoms with Crippen LogP contribution in [0.2, 0.25) is 0 Å². The fraction of sp³-hybridized carbons (Fsp3) is 0.250. The van der Waals surface area contributed by atoms with Gasteiger partial charge in [0.2, 0.25) is 0 Å². The number of aromatic nitrogens is 1. The molecule has 1 aromatic carbocycles. The quantitative estimate of drug-likeness (QED) is 0.872. The second-order valence-electron chi connectivity index (χ2n) is 4.10. The molecule has 1 aliphatic rings. The SMILES string of the molecule is O=C(O)C1CCc2cc3ccc(Br)cc3n21. The Morgan fingerprint density at radius 1 is 1.44 bits per heavy atom. The number of fused-ring (bicyclic) bond motifs is 3.